The Morgan fingerprint density at radius 2 is 2.32 bits per heavy atom. The molecule has 0 saturated carbocycles. The molecule has 1 heterocycles. The maximum atomic E-state index is 11.4. The van der Waals surface area contributed by atoms with E-state index in [4.69, 9.17) is 4.74 Å². The van der Waals surface area contributed by atoms with Gasteiger partial charge in [0, 0.05) is 30.8 Å². The molecule has 1 unspecified atom stereocenters. The van der Waals surface area contributed by atoms with Crippen LogP contribution in [-0.2, 0) is 6.54 Å². The molecule has 0 bridgehead atoms. The van der Waals surface area contributed by atoms with Gasteiger partial charge in [0.1, 0.15) is 5.75 Å². The Morgan fingerprint density at radius 3 is 2.89 bits per heavy atom. The van der Waals surface area contributed by atoms with Gasteiger partial charge in [-0.25, -0.2) is 0 Å². The van der Waals surface area contributed by atoms with E-state index in [0.29, 0.717) is 11.5 Å². The summed E-state index contributed by atoms with van der Waals surface area (Å²) < 4.78 is 5.36. The van der Waals surface area contributed by atoms with Crippen molar-refractivity contribution in [2.75, 3.05) is 26.8 Å². The number of aliphatic hydroxyl groups excluding tert-OH is 1. The second-order valence-electron chi connectivity index (χ2n) is 5.16. The molecule has 1 aromatic carbocycles. The molecule has 19 heavy (non-hydrogen) atoms. The second-order valence-corrected chi connectivity index (χ2v) is 5.16. The second kappa shape index (κ2) is 6.17. The molecule has 0 aromatic heterocycles. The fourth-order valence-corrected chi connectivity index (χ4v) is 2.57. The number of hydrogen-bond acceptors (Lipinski definition) is 4. The lowest BCUT2D eigenvalue weighted by atomic mass is 10.1. The highest BCUT2D eigenvalue weighted by molar-refractivity contribution is 5.94. The Labute approximate surface area is 114 Å². The van der Waals surface area contributed by atoms with Gasteiger partial charge in [0.2, 0.25) is 0 Å². The lowest BCUT2D eigenvalue weighted by molar-refractivity contribution is 0.101. The first-order valence-electron chi connectivity index (χ1n) is 6.65. The minimum Gasteiger partial charge on any atom is -0.496 e. The molecule has 104 valence electrons. The highest BCUT2D eigenvalue weighted by Gasteiger charge is 2.22. The van der Waals surface area contributed by atoms with Gasteiger partial charge < -0.3 is 9.84 Å². The van der Waals surface area contributed by atoms with E-state index in [1.807, 2.05) is 12.1 Å². The molecule has 2 rings (SSSR count). The van der Waals surface area contributed by atoms with E-state index < -0.39 is 0 Å². The monoisotopic (exact) mass is 263 g/mol. The van der Waals surface area contributed by atoms with Crippen molar-refractivity contribution in [2.45, 2.75) is 19.9 Å². The van der Waals surface area contributed by atoms with Crippen molar-refractivity contribution in [1.82, 2.24) is 4.90 Å². The minimum atomic E-state index is 0.0681. The molecule has 0 amide bonds. The van der Waals surface area contributed by atoms with Crippen molar-refractivity contribution in [1.29, 1.82) is 0 Å². The van der Waals surface area contributed by atoms with Crippen LogP contribution in [0.5, 0.6) is 5.75 Å². The molecule has 1 aliphatic rings. The quantitative estimate of drug-likeness (QED) is 0.822. The third-order valence-corrected chi connectivity index (χ3v) is 3.71. The van der Waals surface area contributed by atoms with Gasteiger partial charge in [-0.3, -0.25) is 9.69 Å². The smallest absolute Gasteiger partial charge is 0.159 e. The molecule has 1 aliphatic heterocycles. The van der Waals surface area contributed by atoms with Crippen molar-refractivity contribution in [3.8, 4) is 5.75 Å². The van der Waals surface area contributed by atoms with Crippen molar-refractivity contribution in [3.05, 3.63) is 29.3 Å². The first kappa shape index (κ1) is 14.0. The number of methoxy groups -OCH3 is 1. The van der Waals surface area contributed by atoms with Crippen molar-refractivity contribution < 1.29 is 14.6 Å². The molecule has 0 radical (unpaired) electrons. The predicted molar refractivity (Wildman–Crippen MR) is 73.5 cm³/mol. The molecule has 4 nitrogen and oxygen atoms in total. The summed E-state index contributed by atoms with van der Waals surface area (Å²) in [6.07, 6.45) is 1.03. The summed E-state index contributed by atoms with van der Waals surface area (Å²) >= 11 is 0. The number of Topliss-reactive ketones (excluding diaryl/α,β-unsaturated/α-hetero) is 1. The van der Waals surface area contributed by atoms with Crippen LogP contribution in [0.2, 0.25) is 0 Å². The van der Waals surface area contributed by atoms with Gasteiger partial charge in [-0.15, -0.1) is 0 Å². The van der Waals surface area contributed by atoms with E-state index in [1.54, 1.807) is 20.1 Å². The number of nitrogens with zero attached hydrogens (tertiary/aromatic N) is 1. The first-order valence-corrected chi connectivity index (χ1v) is 6.65. The standard InChI is InChI=1S/C15H21NO3/c1-11(18)13-3-4-15(19-2)14(7-13)9-16-6-5-12(8-16)10-17/h3-4,7,12,17H,5-6,8-10H2,1-2H3. The molecule has 1 aromatic rings. The summed E-state index contributed by atoms with van der Waals surface area (Å²) in [6, 6.07) is 5.56. The van der Waals surface area contributed by atoms with Gasteiger partial charge in [0.15, 0.2) is 5.78 Å². The Balaban J connectivity index is 2.14. The van der Waals surface area contributed by atoms with Crippen LogP contribution in [0.25, 0.3) is 0 Å². The summed E-state index contributed by atoms with van der Waals surface area (Å²) in [5.41, 5.74) is 1.75. The van der Waals surface area contributed by atoms with Crippen LogP contribution in [0.1, 0.15) is 29.3 Å². The zero-order valence-corrected chi connectivity index (χ0v) is 11.6. The van der Waals surface area contributed by atoms with Crippen LogP contribution < -0.4 is 4.74 Å². The zero-order chi connectivity index (χ0) is 13.8. The lowest BCUT2D eigenvalue weighted by Crippen LogP contribution is -2.21. The van der Waals surface area contributed by atoms with Crippen LogP contribution in [0.15, 0.2) is 18.2 Å². The summed E-state index contributed by atoms with van der Waals surface area (Å²) in [5.74, 6) is 1.26. The number of ether oxygens (including phenoxy) is 1. The third-order valence-electron chi connectivity index (χ3n) is 3.71. The molecule has 0 spiro atoms. The highest BCUT2D eigenvalue weighted by atomic mass is 16.5. The van der Waals surface area contributed by atoms with Gasteiger partial charge in [-0.1, -0.05) is 0 Å². The van der Waals surface area contributed by atoms with Gasteiger partial charge in [-0.2, -0.15) is 0 Å². The van der Waals surface area contributed by atoms with Crippen molar-refractivity contribution in [2.24, 2.45) is 5.92 Å². The molecule has 0 aliphatic carbocycles. The molecular formula is C15H21NO3. The van der Waals surface area contributed by atoms with Gasteiger partial charge in [0.25, 0.3) is 0 Å². The maximum absolute atomic E-state index is 11.4. The minimum absolute atomic E-state index is 0.0681. The molecule has 1 N–H and O–H groups in total. The van der Waals surface area contributed by atoms with Crippen LogP contribution in [-0.4, -0.2) is 42.6 Å². The molecule has 4 heteroatoms. The van der Waals surface area contributed by atoms with E-state index in [0.717, 1.165) is 37.4 Å². The Bertz CT molecular complexity index is 459. The fourth-order valence-electron chi connectivity index (χ4n) is 2.57. The van der Waals surface area contributed by atoms with E-state index in [9.17, 15) is 9.90 Å². The van der Waals surface area contributed by atoms with Crippen LogP contribution in [0.4, 0.5) is 0 Å². The average molecular weight is 263 g/mol. The maximum Gasteiger partial charge on any atom is 0.159 e. The highest BCUT2D eigenvalue weighted by Crippen LogP contribution is 2.25. The number of carbonyl (C=O) groups excluding carboxylic acids is 1. The Kier molecular flexibility index (Phi) is 4.56. The number of aliphatic hydroxyl groups is 1. The number of hydrogen-bond donors (Lipinski definition) is 1. The number of ketones is 1. The van der Waals surface area contributed by atoms with Gasteiger partial charge in [0.05, 0.1) is 7.11 Å². The zero-order valence-electron chi connectivity index (χ0n) is 11.6. The van der Waals surface area contributed by atoms with Gasteiger partial charge >= 0.3 is 0 Å². The largest absolute Gasteiger partial charge is 0.496 e. The summed E-state index contributed by atoms with van der Waals surface area (Å²) in [4.78, 5) is 13.7. The van der Waals surface area contributed by atoms with E-state index in [-0.39, 0.29) is 12.4 Å². The summed E-state index contributed by atoms with van der Waals surface area (Å²) in [6.45, 7) is 4.48. The molecule has 1 saturated heterocycles. The Morgan fingerprint density at radius 1 is 1.53 bits per heavy atom. The van der Waals surface area contributed by atoms with Crippen LogP contribution in [0.3, 0.4) is 0 Å². The normalized spacial score (nSPS) is 19.6. The topological polar surface area (TPSA) is 49.8 Å². The van der Waals surface area contributed by atoms with Crippen LogP contribution in [0, 0.1) is 5.92 Å². The number of benzene rings is 1. The molecule has 1 atom stereocenters. The third kappa shape index (κ3) is 3.33. The Hall–Kier alpha value is -1.39. The molecule has 1 fully saturated rings. The summed E-state index contributed by atoms with van der Waals surface area (Å²) in [7, 11) is 1.65. The van der Waals surface area contributed by atoms with Gasteiger partial charge in [-0.05, 0) is 44.0 Å². The molecular weight excluding hydrogens is 242 g/mol. The first-order chi connectivity index (χ1) is 9.13. The van der Waals surface area contributed by atoms with E-state index in [1.165, 1.54) is 0 Å². The predicted octanol–water partition coefficient (Wildman–Crippen LogP) is 1.71. The van der Waals surface area contributed by atoms with E-state index >= 15 is 0 Å². The lowest BCUT2D eigenvalue weighted by Gasteiger charge is -2.18. The number of likely N-dealkylation sites (tertiary alicyclic amines) is 1. The number of rotatable bonds is 5. The average Bonchev–Trinajstić information content (AvgIpc) is 2.86. The fraction of sp³-hybridized carbons (Fsp3) is 0.533. The van der Waals surface area contributed by atoms with Crippen LogP contribution >= 0.6 is 0 Å². The van der Waals surface area contributed by atoms with Crippen molar-refractivity contribution in [3.63, 3.8) is 0 Å². The van der Waals surface area contributed by atoms with Crippen molar-refractivity contribution >= 4 is 5.78 Å². The summed E-state index contributed by atoms with van der Waals surface area (Å²) in [5, 5.41) is 9.17. The SMILES string of the molecule is COc1ccc(C(C)=O)cc1CN1CCC(CO)C1. The van der Waals surface area contributed by atoms with E-state index in [2.05, 4.69) is 4.90 Å². The number of carbonyl (C=O) groups is 1.